The summed E-state index contributed by atoms with van der Waals surface area (Å²) in [5.74, 6) is 0.139. The Kier molecular flexibility index (Phi) is 11.4. The molecule has 0 radical (unpaired) electrons. The van der Waals surface area contributed by atoms with E-state index in [9.17, 15) is 9.90 Å². The standard InChI is InChI=1S/C21H34N2O2/c1-3-5-6-7-8-9-10-11-12-17-21(25)23-22-19(4-2)18-15-13-14-16-20(18)24/h13-16,24H,3-12,17H2,1-2H3,(H,23,25)/b22-19-. The van der Waals surface area contributed by atoms with Gasteiger partial charge in [-0.1, -0.05) is 77.3 Å². The van der Waals surface area contributed by atoms with Crippen LogP contribution in [0.2, 0.25) is 0 Å². The lowest BCUT2D eigenvalue weighted by Gasteiger charge is -2.07. The fourth-order valence-electron chi connectivity index (χ4n) is 2.83. The molecule has 0 unspecified atom stereocenters. The van der Waals surface area contributed by atoms with Gasteiger partial charge in [0.2, 0.25) is 5.91 Å². The minimum atomic E-state index is -0.0516. The number of nitrogens with zero attached hydrogens (tertiary/aromatic N) is 1. The number of hydrogen-bond acceptors (Lipinski definition) is 3. The topological polar surface area (TPSA) is 61.7 Å². The number of para-hydroxylation sites is 1. The summed E-state index contributed by atoms with van der Waals surface area (Å²) in [6.45, 7) is 4.19. The molecule has 2 N–H and O–H groups in total. The van der Waals surface area contributed by atoms with Crippen molar-refractivity contribution in [1.82, 2.24) is 5.43 Å². The van der Waals surface area contributed by atoms with Crippen LogP contribution in [0.15, 0.2) is 29.4 Å². The molecule has 0 aliphatic heterocycles. The number of phenolic OH excluding ortho intramolecular Hbond substituents is 1. The third kappa shape index (κ3) is 9.28. The Morgan fingerprint density at radius 2 is 1.56 bits per heavy atom. The Labute approximate surface area is 152 Å². The predicted octanol–water partition coefficient (Wildman–Crippen LogP) is 5.54. The Bertz CT molecular complexity index is 526. The second kappa shape index (κ2) is 13.5. The summed E-state index contributed by atoms with van der Waals surface area (Å²) in [5.41, 5.74) is 3.99. The monoisotopic (exact) mass is 346 g/mol. The van der Waals surface area contributed by atoms with Gasteiger partial charge in [0.1, 0.15) is 5.75 Å². The second-order valence-corrected chi connectivity index (χ2v) is 6.54. The molecule has 0 atom stereocenters. The largest absolute Gasteiger partial charge is 0.507 e. The summed E-state index contributed by atoms with van der Waals surface area (Å²) >= 11 is 0. The molecule has 140 valence electrons. The number of phenols is 1. The third-order valence-electron chi connectivity index (χ3n) is 4.37. The van der Waals surface area contributed by atoms with Crippen molar-refractivity contribution in [3.8, 4) is 5.75 Å². The first-order chi connectivity index (χ1) is 12.2. The van der Waals surface area contributed by atoms with Crippen LogP contribution in [-0.2, 0) is 4.79 Å². The highest BCUT2D eigenvalue weighted by Gasteiger charge is 2.07. The van der Waals surface area contributed by atoms with Gasteiger partial charge in [-0.25, -0.2) is 5.43 Å². The minimum Gasteiger partial charge on any atom is -0.507 e. The molecule has 0 saturated carbocycles. The van der Waals surface area contributed by atoms with E-state index in [1.807, 2.05) is 19.1 Å². The van der Waals surface area contributed by atoms with Gasteiger partial charge in [0, 0.05) is 12.0 Å². The Morgan fingerprint density at radius 3 is 2.16 bits per heavy atom. The quantitative estimate of drug-likeness (QED) is 0.280. The number of carbonyl (C=O) groups excluding carboxylic acids is 1. The Morgan fingerprint density at radius 1 is 0.960 bits per heavy atom. The molecule has 0 aromatic heterocycles. The summed E-state index contributed by atoms with van der Waals surface area (Å²) in [7, 11) is 0. The van der Waals surface area contributed by atoms with Crippen LogP contribution in [0.3, 0.4) is 0 Å². The number of aromatic hydroxyl groups is 1. The van der Waals surface area contributed by atoms with E-state index in [2.05, 4.69) is 17.5 Å². The molecule has 1 amide bonds. The number of carbonyl (C=O) groups is 1. The van der Waals surface area contributed by atoms with Gasteiger partial charge in [0.15, 0.2) is 0 Å². The molecule has 0 saturated heterocycles. The van der Waals surface area contributed by atoms with Crippen molar-refractivity contribution < 1.29 is 9.90 Å². The van der Waals surface area contributed by atoms with Crippen LogP contribution in [0.4, 0.5) is 0 Å². The van der Waals surface area contributed by atoms with Gasteiger partial charge in [0.05, 0.1) is 5.71 Å². The van der Waals surface area contributed by atoms with Crippen LogP contribution in [-0.4, -0.2) is 16.7 Å². The summed E-state index contributed by atoms with van der Waals surface area (Å²) in [6.07, 6.45) is 12.3. The van der Waals surface area contributed by atoms with E-state index in [-0.39, 0.29) is 11.7 Å². The van der Waals surface area contributed by atoms with Crippen LogP contribution in [0, 0.1) is 0 Å². The van der Waals surface area contributed by atoms with Crippen molar-refractivity contribution in [3.63, 3.8) is 0 Å². The first kappa shape index (κ1) is 21.2. The van der Waals surface area contributed by atoms with Crippen molar-refractivity contribution in [1.29, 1.82) is 0 Å². The van der Waals surface area contributed by atoms with Gasteiger partial charge in [-0.3, -0.25) is 4.79 Å². The smallest absolute Gasteiger partial charge is 0.240 e. The average molecular weight is 347 g/mol. The lowest BCUT2D eigenvalue weighted by Crippen LogP contribution is -2.19. The van der Waals surface area contributed by atoms with Crippen LogP contribution in [0.25, 0.3) is 0 Å². The molecule has 1 aromatic rings. The van der Waals surface area contributed by atoms with E-state index in [4.69, 9.17) is 0 Å². The van der Waals surface area contributed by atoms with Crippen LogP contribution in [0.1, 0.15) is 90.0 Å². The van der Waals surface area contributed by atoms with E-state index >= 15 is 0 Å². The minimum absolute atomic E-state index is 0.0516. The molecule has 0 heterocycles. The maximum Gasteiger partial charge on any atom is 0.240 e. The zero-order chi connectivity index (χ0) is 18.3. The highest BCUT2D eigenvalue weighted by molar-refractivity contribution is 6.03. The molecule has 0 spiro atoms. The normalized spacial score (nSPS) is 11.5. The Hall–Kier alpha value is -1.84. The van der Waals surface area contributed by atoms with Gasteiger partial charge in [0.25, 0.3) is 0 Å². The van der Waals surface area contributed by atoms with Crippen molar-refractivity contribution in [2.75, 3.05) is 0 Å². The first-order valence-electron chi connectivity index (χ1n) is 9.82. The highest BCUT2D eigenvalue weighted by atomic mass is 16.3. The van der Waals surface area contributed by atoms with Crippen molar-refractivity contribution in [2.24, 2.45) is 5.10 Å². The molecule has 1 aromatic carbocycles. The molecule has 1 rings (SSSR count). The van der Waals surface area contributed by atoms with Gasteiger partial charge in [-0.05, 0) is 25.0 Å². The molecule has 0 fully saturated rings. The molecule has 25 heavy (non-hydrogen) atoms. The van der Waals surface area contributed by atoms with E-state index in [0.717, 1.165) is 12.8 Å². The number of amides is 1. The summed E-state index contributed by atoms with van der Waals surface area (Å²) in [4.78, 5) is 11.9. The number of hydrazone groups is 1. The first-order valence-corrected chi connectivity index (χ1v) is 9.82. The lowest BCUT2D eigenvalue weighted by atomic mass is 10.1. The van der Waals surface area contributed by atoms with Gasteiger partial charge in [-0.2, -0.15) is 5.10 Å². The third-order valence-corrected chi connectivity index (χ3v) is 4.37. The maximum atomic E-state index is 11.9. The van der Waals surface area contributed by atoms with E-state index in [1.54, 1.807) is 12.1 Å². The van der Waals surface area contributed by atoms with E-state index < -0.39 is 0 Å². The molecule has 0 aliphatic carbocycles. The zero-order valence-electron chi connectivity index (χ0n) is 15.9. The second-order valence-electron chi connectivity index (χ2n) is 6.54. The fraction of sp³-hybridized carbons (Fsp3) is 0.619. The van der Waals surface area contributed by atoms with E-state index in [1.165, 1.54) is 44.9 Å². The molecule has 4 nitrogen and oxygen atoms in total. The Balaban J connectivity index is 2.20. The lowest BCUT2D eigenvalue weighted by molar-refractivity contribution is -0.121. The van der Waals surface area contributed by atoms with Crippen LogP contribution in [0.5, 0.6) is 5.75 Å². The number of nitrogens with one attached hydrogen (secondary N) is 1. The van der Waals surface area contributed by atoms with Gasteiger partial charge in [-0.15, -0.1) is 0 Å². The van der Waals surface area contributed by atoms with Crippen LogP contribution < -0.4 is 5.43 Å². The predicted molar refractivity (Wildman–Crippen MR) is 105 cm³/mol. The molecular formula is C21H34N2O2. The maximum absolute atomic E-state index is 11.9. The summed E-state index contributed by atoms with van der Waals surface area (Å²) in [6, 6.07) is 7.06. The number of rotatable bonds is 13. The molecule has 4 heteroatoms. The van der Waals surface area contributed by atoms with E-state index in [0.29, 0.717) is 24.1 Å². The van der Waals surface area contributed by atoms with Gasteiger partial charge >= 0.3 is 0 Å². The molecular weight excluding hydrogens is 312 g/mol. The number of unbranched alkanes of at least 4 members (excludes halogenated alkanes) is 8. The van der Waals surface area contributed by atoms with Crippen LogP contribution >= 0.6 is 0 Å². The van der Waals surface area contributed by atoms with Gasteiger partial charge < -0.3 is 5.11 Å². The summed E-state index contributed by atoms with van der Waals surface area (Å²) < 4.78 is 0. The SMILES string of the molecule is CCCCCCCCCCCC(=O)N/N=C(/CC)c1ccccc1O. The fourth-order valence-corrected chi connectivity index (χ4v) is 2.83. The average Bonchev–Trinajstić information content (AvgIpc) is 2.62. The number of hydrogen-bond donors (Lipinski definition) is 2. The highest BCUT2D eigenvalue weighted by Crippen LogP contribution is 2.18. The zero-order valence-corrected chi connectivity index (χ0v) is 15.9. The molecule has 0 aliphatic rings. The summed E-state index contributed by atoms with van der Waals surface area (Å²) in [5, 5.41) is 14.1. The number of benzene rings is 1. The van der Waals surface area contributed by atoms with Crippen molar-refractivity contribution >= 4 is 11.6 Å². The molecule has 0 bridgehead atoms. The van der Waals surface area contributed by atoms with Crippen molar-refractivity contribution in [2.45, 2.75) is 84.5 Å². The van der Waals surface area contributed by atoms with Crippen molar-refractivity contribution in [3.05, 3.63) is 29.8 Å².